The first-order valence-corrected chi connectivity index (χ1v) is 13.8. The number of phenolic OH excluding ortho intramolecular Hbond substituents is 1. The fraction of sp³-hybridized carbons (Fsp3) is 0.0312. The van der Waals surface area contributed by atoms with Crippen molar-refractivity contribution in [2.75, 3.05) is 7.11 Å². The van der Waals surface area contributed by atoms with Crippen LogP contribution in [0.15, 0.2) is 102 Å². The number of imidazole rings is 1. The number of carbonyl (C=O) groups is 2. The van der Waals surface area contributed by atoms with Crippen molar-refractivity contribution in [3.8, 4) is 51.1 Å². The van der Waals surface area contributed by atoms with Gasteiger partial charge in [-0.2, -0.15) is 0 Å². The van der Waals surface area contributed by atoms with Gasteiger partial charge in [0, 0.05) is 33.0 Å². The average Bonchev–Trinajstić information content (AvgIpc) is 3.54. The number of imide groups is 1. The van der Waals surface area contributed by atoms with Crippen LogP contribution in [0.1, 0.15) is 5.56 Å². The fourth-order valence-electron chi connectivity index (χ4n) is 4.70. The molecule has 7 nitrogen and oxygen atoms in total. The number of ether oxygens (including phenoxy) is 1. The van der Waals surface area contributed by atoms with Crippen LogP contribution in [0, 0.1) is 0 Å². The molecule has 41 heavy (non-hydrogen) atoms. The summed E-state index contributed by atoms with van der Waals surface area (Å²) in [6.07, 6.45) is 1.47. The van der Waals surface area contributed by atoms with Gasteiger partial charge in [0.1, 0.15) is 5.82 Å². The van der Waals surface area contributed by atoms with Gasteiger partial charge in [-0.15, -0.1) is 0 Å². The van der Waals surface area contributed by atoms with Gasteiger partial charge in [-0.25, -0.2) is 4.98 Å². The van der Waals surface area contributed by atoms with Gasteiger partial charge in [0.15, 0.2) is 11.5 Å². The van der Waals surface area contributed by atoms with Crippen molar-refractivity contribution in [1.82, 2.24) is 14.9 Å². The lowest BCUT2D eigenvalue weighted by molar-refractivity contribution is -0.115. The molecule has 0 spiro atoms. The number of benzene rings is 4. The van der Waals surface area contributed by atoms with Crippen molar-refractivity contribution in [3.63, 3.8) is 0 Å². The summed E-state index contributed by atoms with van der Waals surface area (Å²) in [6, 6.07) is 30.7. The Bertz CT molecular complexity index is 1820. The highest BCUT2D eigenvalue weighted by molar-refractivity contribution is 8.18. The number of hydrogen-bond acceptors (Lipinski definition) is 6. The number of thioether (sulfide) groups is 1. The van der Waals surface area contributed by atoms with Gasteiger partial charge in [-0.3, -0.25) is 19.5 Å². The molecule has 6 rings (SSSR count). The summed E-state index contributed by atoms with van der Waals surface area (Å²) in [6.45, 7) is 0. The highest BCUT2D eigenvalue weighted by Crippen LogP contribution is 2.42. The third-order valence-corrected chi connectivity index (χ3v) is 7.63. The molecule has 0 bridgehead atoms. The smallest absolute Gasteiger partial charge is 0.290 e. The maximum atomic E-state index is 12.3. The highest BCUT2D eigenvalue weighted by Gasteiger charge is 2.27. The first-order valence-electron chi connectivity index (χ1n) is 12.6. The van der Waals surface area contributed by atoms with Crippen LogP contribution in [0.3, 0.4) is 0 Å². The molecule has 1 aliphatic heterocycles. The zero-order valence-electron chi connectivity index (χ0n) is 21.7. The van der Waals surface area contributed by atoms with Gasteiger partial charge in [0.25, 0.3) is 11.1 Å². The number of aromatic hydroxyl groups is 1. The zero-order valence-corrected chi connectivity index (χ0v) is 23.2. The number of nitrogens with zero attached hydrogens (tertiary/aromatic N) is 2. The fourth-order valence-corrected chi connectivity index (χ4v) is 5.50. The van der Waals surface area contributed by atoms with Crippen LogP contribution < -0.4 is 10.1 Å². The second-order valence-electron chi connectivity index (χ2n) is 9.15. The molecule has 202 valence electrons. The monoisotopic (exact) mass is 579 g/mol. The molecule has 5 aromatic rings. The number of aromatic nitrogens is 2. The van der Waals surface area contributed by atoms with Crippen molar-refractivity contribution in [1.29, 1.82) is 0 Å². The number of nitrogens with one attached hydrogen (secondary N) is 1. The minimum atomic E-state index is -0.524. The quantitative estimate of drug-likeness (QED) is 0.202. The van der Waals surface area contributed by atoms with Gasteiger partial charge in [0.05, 0.1) is 23.4 Å². The minimum Gasteiger partial charge on any atom is -0.504 e. The maximum Gasteiger partial charge on any atom is 0.290 e. The van der Waals surface area contributed by atoms with Crippen molar-refractivity contribution >= 4 is 40.6 Å². The van der Waals surface area contributed by atoms with Crippen molar-refractivity contribution < 1.29 is 19.4 Å². The number of methoxy groups -OCH3 is 1. The lowest BCUT2D eigenvalue weighted by atomic mass is 10.0. The molecular formula is C32H22ClN3O4S. The highest BCUT2D eigenvalue weighted by atomic mass is 35.5. The van der Waals surface area contributed by atoms with E-state index in [2.05, 4.69) is 5.32 Å². The van der Waals surface area contributed by atoms with E-state index in [1.54, 1.807) is 12.1 Å². The van der Waals surface area contributed by atoms with Crippen LogP contribution in [-0.2, 0) is 4.79 Å². The Morgan fingerprint density at radius 3 is 2.17 bits per heavy atom. The first kappa shape index (κ1) is 26.4. The lowest BCUT2D eigenvalue weighted by Gasteiger charge is -2.15. The molecule has 1 saturated heterocycles. The van der Waals surface area contributed by atoms with Crippen LogP contribution in [0.4, 0.5) is 4.79 Å². The SMILES string of the molecule is COc1cc(-c2nc(-c3ccccc3)c(-c3ccccc3)n2-c2ccc(Cl)cc2)cc(/C=C2\SC(=O)NC2=O)c1O. The van der Waals surface area contributed by atoms with Gasteiger partial charge in [-0.05, 0) is 54.2 Å². The van der Waals surface area contributed by atoms with Gasteiger partial charge in [0.2, 0.25) is 0 Å². The molecule has 0 aliphatic carbocycles. The Morgan fingerprint density at radius 2 is 1.56 bits per heavy atom. The molecule has 2 heterocycles. The van der Waals surface area contributed by atoms with E-state index in [0.717, 1.165) is 40.0 Å². The number of amides is 2. The Labute approximate surface area is 245 Å². The molecule has 2 N–H and O–H groups in total. The molecule has 4 aromatic carbocycles. The molecule has 0 atom stereocenters. The number of carbonyl (C=O) groups excluding carboxylic acids is 2. The molecule has 1 fully saturated rings. The van der Waals surface area contributed by atoms with E-state index in [4.69, 9.17) is 21.3 Å². The Hall–Kier alpha value is -4.79. The van der Waals surface area contributed by atoms with E-state index in [9.17, 15) is 14.7 Å². The van der Waals surface area contributed by atoms with E-state index >= 15 is 0 Å². The van der Waals surface area contributed by atoms with Crippen LogP contribution in [0.5, 0.6) is 11.5 Å². The predicted molar refractivity (Wildman–Crippen MR) is 162 cm³/mol. The van der Waals surface area contributed by atoms with E-state index in [1.807, 2.05) is 89.5 Å². The average molecular weight is 580 g/mol. The third kappa shape index (κ3) is 5.11. The molecule has 1 aliphatic rings. The summed E-state index contributed by atoms with van der Waals surface area (Å²) < 4.78 is 7.56. The topological polar surface area (TPSA) is 93.5 Å². The van der Waals surface area contributed by atoms with Gasteiger partial charge >= 0.3 is 0 Å². The molecule has 0 radical (unpaired) electrons. The number of rotatable bonds is 6. The van der Waals surface area contributed by atoms with E-state index < -0.39 is 11.1 Å². The van der Waals surface area contributed by atoms with Gasteiger partial charge in [-0.1, -0.05) is 72.3 Å². The van der Waals surface area contributed by atoms with Gasteiger partial charge < -0.3 is 9.84 Å². The van der Waals surface area contributed by atoms with Crippen molar-refractivity contribution in [2.24, 2.45) is 0 Å². The van der Waals surface area contributed by atoms with Crippen LogP contribution in [0.25, 0.3) is 45.7 Å². The lowest BCUT2D eigenvalue weighted by Crippen LogP contribution is -2.17. The normalized spacial score (nSPS) is 14.0. The standard InChI is InChI=1S/C32H22ClN3O4S/c1-40-25-17-22(16-21(29(25)37)18-26-31(38)35-32(39)41-26)30-34-27(19-8-4-2-5-9-19)28(20-10-6-3-7-11-20)36(30)24-14-12-23(33)13-15-24/h2-18,37H,1H3,(H,35,38,39)/b26-18-. The van der Waals surface area contributed by atoms with Crippen molar-refractivity contribution in [2.45, 2.75) is 0 Å². The number of phenols is 1. The second kappa shape index (κ2) is 11.0. The van der Waals surface area contributed by atoms with Crippen LogP contribution >= 0.6 is 23.4 Å². The summed E-state index contributed by atoms with van der Waals surface area (Å²) in [7, 11) is 1.45. The number of halogens is 1. The van der Waals surface area contributed by atoms with Crippen molar-refractivity contribution in [3.05, 3.63) is 113 Å². The molecule has 9 heteroatoms. The summed E-state index contributed by atoms with van der Waals surface area (Å²) in [5, 5.41) is 13.3. The summed E-state index contributed by atoms with van der Waals surface area (Å²) in [5.74, 6) is 0.0802. The Kier molecular flexibility index (Phi) is 7.09. The summed E-state index contributed by atoms with van der Waals surface area (Å²) >= 11 is 7.03. The maximum absolute atomic E-state index is 12.3. The molecular weight excluding hydrogens is 558 g/mol. The largest absolute Gasteiger partial charge is 0.504 e. The second-order valence-corrected chi connectivity index (χ2v) is 10.6. The zero-order chi connectivity index (χ0) is 28.5. The summed E-state index contributed by atoms with van der Waals surface area (Å²) in [4.78, 5) is 29.4. The third-order valence-electron chi connectivity index (χ3n) is 6.57. The predicted octanol–water partition coefficient (Wildman–Crippen LogP) is 7.56. The molecule has 2 amide bonds. The van der Waals surface area contributed by atoms with E-state index in [1.165, 1.54) is 13.2 Å². The molecule has 0 saturated carbocycles. The van der Waals surface area contributed by atoms with E-state index in [-0.39, 0.29) is 16.4 Å². The van der Waals surface area contributed by atoms with Crippen LogP contribution in [0.2, 0.25) is 5.02 Å². The molecule has 1 aromatic heterocycles. The minimum absolute atomic E-state index is 0.160. The Balaban J connectivity index is 1.67. The first-order chi connectivity index (χ1) is 19.9. The Morgan fingerprint density at radius 1 is 0.902 bits per heavy atom. The van der Waals surface area contributed by atoms with Crippen LogP contribution in [-0.4, -0.2) is 32.9 Å². The number of hydrogen-bond donors (Lipinski definition) is 2. The van der Waals surface area contributed by atoms with E-state index in [0.29, 0.717) is 22.0 Å². The molecule has 0 unspecified atom stereocenters. The summed E-state index contributed by atoms with van der Waals surface area (Å²) in [5.41, 5.74) is 5.23.